The summed E-state index contributed by atoms with van der Waals surface area (Å²) in [5.74, 6) is 1.17. The molecule has 2 aliphatic carbocycles. The molecule has 2 aliphatic rings. The first kappa shape index (κ1) is 12.1. The van der Waals surface area contributed by atoms with Crippen LogP contribution in [0.2, 0.25) is 19.6 Å². The molecule has 90 valence electrons. The van der Waals surface area contributed by atoms with E-state index < -0.39 is 8.07 Å². The van der Waals surface area contributed by atoms with Gasteiger partial charge in [0.05, 0.1) is 8.07 Å². The summed E-state index contributed by atoms with van der Waals surface area (Å²) in [5, 5.41) is 0. The lowest BCUT2D eigenvalue weighted by Gasteiger charge is -2.36. The minimum Gasteiger partial charge on any atom is -0.299 e. The third kappa shape index (κ3) is 1.92. The third-order valence-electron chi connectivity index (χ3n) is 4.39. The van der Waals surface area contributed by atoms with Crippen LogP contribution in [0.1, 0.15) is 39.0 Å². The van der Waals surface area contributed by atoms with Crippen molar-refractivity contribution in [3.8, 4) is 0 Å². The Morgan fingerprint density at radius 2 is 1.94 bits per heavy atom. The molecule has 0 aliphatic heterocycles. The number of ketones is 1. The summed E-state index contributed by atoms with van der Waals surface area (Å²) in [7, 11) is -1.19. The van der Waals surface area contributed by atoms with E-state index in [2.05, 4.69) is 32.3 Å². The number of carbonyl (C=O) groups is 1. The first-order valence-corrected chi connectivity index (χ1v) is 10.2. The summed E-state index contributed by atoms with van der Waals surface area (Å²) >= 11 is 0. The quantitative estimate of drug-likeness (QED) is 0.630. The topological polar surface area (TPSA) is 17.1 Å². The van der Waals surface area contributed by atoms with E-state index in [0.717, 1.165) is 12.8 Å². The molecule has 2 saturated carbocycles. The van der Waals surface area contributed by atoms with Crippen molar-refractivity contribution < 1.29 is 4.79 Å². The Morgan fingerprint density at radius 1 is 1.25 bits per heavy atom. The van der Waals surface area contributed by atoms with Crippen LogP contribution in [0.5, 0.6) is 0 Å². The Morgan fingerprint density at radius 3 is 2.56 bits per heavy atom. The van der Waals surface area contributed by atoms with Crippen LogP contribution in [-0.4, -0.2) is 13.9 Å². The molecule has 0 saturated heterocycles. The van der Waals surface area contributed by atoms with Crippen molar-refractivity contribution in [3.63, 3.8) is 0 Å². The van der Waals surface area contributed by atoms with Gasteiger partial charge in [-0.1, -0.05) is 30.9 Å². The summed E-state index contributed by atoms with van der Waals surface area (Å²) in [6.07, 6.45) is 5.64. The van der Waals surface area contributed by atoms with Crippen LogP contribution in [0.4, 0.5) is 0 Å². The van der Waals surface area contributed by atoms with Crippen LogP contribution in [0.3, 0.4) is 0 Å². The second-order valence-electron chi connectivity index (χ2n) is 6.79. The van der Waals surface area contributed by atoms with Gasteiger partial charge < -0.3 is 0 Å². The molecule has 0 aromatic carbocycles. The van der Waals surface area contributed by atoms with Crippen LogP contribution in [0.25, 0.3) is 0 Å². The number of rotatable bonds is 1. The number of fused-ring (bicyclic) bond motifs is 1. The zero-order chi connectivity index (χ0) is 12.0. The summed E-state index contributed by atoms with van der Waals surface area (Å²) in [6.45, 7) is 9.32. The smallest absolute Gasteiger partial charge is 0.143 e. The monoisotopic (exact) mass is 236 g/mol. The fourth-order valence-electron chi connectivity index (χ4n) is 3.49. The lowest BCUT2D eigenvalue weighted by Crippen LogP contribution is -2.37. The fraction of sp³-hybridized carbons (Fsp3) is 0.786. The van der Waals surface area contributed by atoms with Crippen LogP contribution >= 0.6 is 0 Å². The maximum Gasteiger partial charge on any atom is 0.143 e. The molecule has 0 heterocycles. The lowest BCUT2D eigenvalue weighted by atomic mass is 9.67. The minimum absolute atomic E-state index is 0.0709. The normalized spacial score (nSPS) is 37.9. The van der Waals surface area contributed by atoms with E-state index in [0.29, 0.717) is 11.7 Å². The van der Waals surface area contributed by atoms with E-state index in [1.165, 1.54) is 24.8 Å². The first-order valence-electron chi connectivity index (χ1n) is 6.59. The minimum atomic E-state index is -1.19. The number of allylic oxidation sites excluding steroid dienone is 1. The Bertz CT molecular complexity index is 337. The van der Waals surface area contributed by atoms with Crippen molar-refractivity contribution in [2.75, 3.05) is 0 Å². The van der Waals surface area contributed by atoms with Crippen LogP contribution in [-0.2, 0) is 4.79 Å². The van der Waals surface area contributed by atoms with Crippen molar-refractivity contribution in [2.24, 2.45) is 11.3 Å². The fourth-order valence-corrected chi connectivity index (χ4v) is 4.98. The summed E-state index contributed by atoms with van der Waals surface area (Å²) < 4.78 is 0. The van der Waals surface area contributed by atoms with Crippen molar-refractivity contribution >= 4 is 13.9 Å². The summed E-state index contributed by atoms with van der Waals surface area (Å²) in [4.78, 5) is 12.3. The third-order valence-corrected chi connectivity index (χ3v) is 5.60. The molecule has 0 aromatic rings. The van der Waals surface area contributed by atoms with Gasteiger partial charge in [-0.3, -0.25) is 4.79 Å². The highest BCUT2D eigenvalue weighted by molar-refractivity contribution is 6.81. The molecule has 0 bridgehead atoms. The molecule has 0 N–H and O–H groups in total. The molecule has 2 rings (SSSR count). The molecule has 0 aromatic heterocycles. The molecule has 1 nitrogen and oxygen atoms in total. The lowest BCUT2D eigenvalue weighted by molar-refractivity contribution is -0.130. The van der Waals surface area contributed by atoms with Gasteiger partial charge in [0.2, 0.25) is 0 Å². The molecule has 16 heavy (non-hydrogen) atoms. The van der Waals surface area contributed by atoms with Crippen molar-refractivity contribution in [2.45, 2.75) is 58.7 Å². The highest BCUT2D eigenvalue weighted by atomic mass is 28.3. The van der Waals surface area contributed by atoms with Gasteiger partial charge in [-0.25, -0.2) is 0 Å². The van der Waals surface area contributed by atoms with E-state index in [1.54, 1.807) is 0 Å². The molecule has 2 heteroatoms. The van der Waals surface area contributed by atoms with Gasteiger partial charge in [0.15, 0.2) is 0 Å². The Labute approximate surface area is 100 Å². The van der Waals surface area contributed by atoms with Crippen molar-refractivity contribution in [1.82, 2.24) is 0 Å². The number of Topliss-reactive ketones (excluding diaryl/α,β-unsaturated/α-hetero) is 1. The van der Waals surface area contributed by atoms with Gasteiger partial charge in [-0.05, 0) is 38.5 Å². The molecule has 0 radical (unpaired) electrons. The maximum absolute atomic E-state index is 12.3. The predicted octanol–water partition coefficient (Wildman–Crippen LogP) is 3.96. The summed E-state index contributed by atoms with van der Waals surface area (Å²) in [6, 6.07) is 0. The van der Waals surface area contributed by atoms with Gasteiger partial charge in [0.25, 0.3) is 0 Å². The number of carbonyl (C=O) groups excluding carboxylic acids is 1. The average molecular weight is 236 g/mol. The van der Waals surface area contributed by atoms with E-state index in [1.807, 2.05) is 0 Å². The van der Waals surface area contributed by atoms with E-state index in [9.17, 15) is 4.79 Å². The average Bonchev–Trinajstić information content (AvgIpc) is 2.45. The van der Waals surface area contributed by atoms with Gasteiger partial charge in [-0.2, -0.15) is 0 Å². The highest BCUT2D eigenvalue weighted by Crippen LogP contribution is 2.53. The zero-order valence-corrected chi connectivity index (χ0v) is 12.1. The highest BCUT2D eigenvalue weighted by Gasteiger charge is 2.49. The van der Waals surface area contributed by atoms with Crippen molar-refractivity contribution in [3.05, 3.63) is 11.3 Å². The zero-order valence-electron chi connectivity index (χ0n) is 11.1. The molecule has 0 unspecified atom stereocenters. The van der Waals surface area contributed by atoms with Crippen molar-refractivity contribution in [1.29, 1.82) is 0 Å². The van der Waals surface area contributed by atoms with Gasteiger partial charge in [-0.15, -0.1) is 0 Å². The predicted molar refractivity (Wildman–Crippen MR) is 71.1 cm³/mol. The molecular formula is C14H24OSi. The number of hydrogen-bond donors (Lipinski definition) is 0. The Hall–Kier alpha value is -0.373. The second-order valence-corrected chi connectivity index (χ2v) is 11.8. The van der Waals surface area contributed by atoms with Gasteiger partial charge >= 0.3 is 0 Å². The molecule has 2 fully saturated rings. The molecule has 2 atom stereocenters. The van der Waals surface area contributed by atoms with Gasteiger partial charge in [0.1, 0.15) is 5.78 Å². The van der Waals surface area contributed by atoms with Crippen LogP contribution in [0.15, 0.2) is 11.3 Å². The Kier molecular flexibility index (Phi) is 2.90. The molecule has 0 spiro atoms. The van der Waals surface area contributed by atoms with E-state index in [4.69, 9.17) is 0 Å². The molecule has 0 amide bonds. The van der Waals surface area contributed by atoms with E-state index in [-0.39, 0.29) is 5.41 Å². The largest absolute Gasteiger partial charge is 0.299 e. The van der Waals surface area contributed by atoms with Crippen LogP contribution < -0.4 is 0 Å². The Balaban J connectivity index is 2.36. The van der Waals surface area contributed by atoms with Crippen LogP contribution in [0, 0.1) is 11.3 Å². The first-order chi connectivity index (χ1) is 7.34. The second kappa shape index (κ2) is 3.83. The SMILES string of the molecule is C[C@]12C(=O)CCC[C@H]1CCC2=C[Si](C)(C)C. The standard InChI is InChI=1S/C14H24OSi/c1-14-11(6-5-7-13(14)15)8-9-12(14)10-16(2,3)4/h10-11H,5-9H2,1-4H3/t11-,14-/m0/s1. The molecular weight excluding hydrogens is 212 g/mol. The van der Waals surface area contributed by atoms with E-state index >= 15 is 0 Å². The summed E-state index contributed by atoms with van der Waals surface area (Å²) in [5.41, 5.74) is 3.91. The van der Waals surface area contributed by atoms with Gasteiger partial charge in [0, 0.05) is 11.8 Å². The number of hydrogen-bond acceptors (Lipinski definition) is 1. The maximum atomic E-state index is 12.3.